The van der Waals surface area contributed by atoms with Gasteiger partial charge in [-0.1, -0.05) is 95.2 Å². The molecule has 0 saturated heterocycles. The molecule has 0 aliphatic carbocycles. The monoisotopic (exact) mass is 396 g/mol. The molecule has 0 radical (unpaired) electrons. The topological polar surface area (TPSA) is 35.5 Å². The second-order valence-corrected chi connectivity index (χ2v) is 7.66. The molecule has 3 nitrogen and oxygen atoms in total. The second kappa shape index (κ2) is 15.8. The Morgan fingerprint density at radius 1 is 0.889 bits per heavy atom. The van der Waals surface area contributed by atoms with E-state index >= 15 is 0 Å². The number of esters is 1. The minimum atomic E-state index is -0.267. The van der Waals surface area contributed by atoms with Crippen LogP contribution in [0.25, 0.3) is 0 Å². The van der Waals surface area contributed by atoms with E-state index in [1.807, 2.05) is 12.1 Å². The van der Waals surface area contributed by atoms with Crippen LogP contribution in [0.3, 0.4) is 0 Å². The molecule has 27 heavy (non-hydrogen) atoms. The lowest BCUT2D eigenvalue weighted by Gasteiger charge is -2.09. The summed E-state index contributed by atoms with van der Waals surface area (Å²) in [4.78, 5) is 11.3. The SMILES string of the molecule is CCCCCCCCCCCCCCOc1ccc(CC(=O)OC)cc1Cl. The van der Waals surface area contributed by atoms with Crippen molar-refractivity contribution in [1.82, 2.24) is 0 Å². The van der Waals surface area contributed by atoms with Crippen molar-refractivity contribution in [2.24, 2.45) is 0 Å². The first-order valence-electron chi connectivity index (χ1n) is 10.7. The van der Waals surface area contributed by atoms with Crippen molar-refractivity contribution in [1.29, 1.82) is 0 Å². The molecule has 0 unspecified atom stereocenters. The Kier molecular flexibility index (Phi) is 13.9. The van der Waals surface area contributed by atoms with Crippen molar-refractivity contribution in [3.05, 3.63) is 28.8 Å². The third-order valence-corrected chi connectivity index (χ3v) is 5.12. The highest BCUT2D eigenvalue weighted by Gasteiger charge is 2.07. The Balaban J connectivity index is 2.01. The summed E-state index contributed by atoms with van der Waals surface area (Å²) in [5, 5.41) is 0.551. The summed E-state index contributed by atoms with van der Waals surface area (Å²) in [5.74, 6) is 0.421. The van der Waals surface area contributed by atoms with Gasteiger partial charge in [0, 0.05) is 0 Å². The molecule has 0 heterocycles. The highest BCUT2D eigenvalue weighted by Crippen LogP contribution is 2.26. The first-order chi connectivity index (χ1) is 13.2. The van der Waals surface area contributed by atoms with Crippen LogP contribution in [0.5, 0.6) is 5.75 Å². The van der Waals surface area contributed by atoms with E-state index in [4.69, 9.17) is 16.3 Å². The zero-order valence-corrected chi connectivity index (χ0v) is 18.0. The summed E-state index contributed by atoms with van der Waals surface area (Å²) < 4.78 is 10.4. The number of halogens is 1. The minimum absolute atomic E-state index is 0.231. The average Bonchev–Trinajstić information content (AvgIpc) is 2.66. The standard InChI is InChI=1S/C23H37ClO3/c1-3-4-5-6-7-8-9-10-11-12-13-14-17-27-22-16-15-20(18-21(22)24)19-23(25)26-2/h15-16,18H,3-14,17,19H2,1-2H3. The Morgan fingerprint density at radius 2 is 1.44 bits per heavy atom. The van der Waals surface area contributed by atoms with Gasteiger partial charge in [0.15, 0.2) is 0 Å². The Morgan fingerprint density at radius 3 is 1.96 bits per heavy atom. The van der Waals surface area contributed by atoms with Crippen LogP contribution in [-0.2, 0) is 16.0 Å². The van der Waals surface area contributed by atoms with Crippen LogP contribution in [0.15, 0.2) is 18.2 Å². The van der Waals surface area contributed by atoms with E-state index < -0.39 is 0 Å². The molecule has 1 aromatic carbocycles. The number of ether oxygens (including phenoxy) is 2. The van der Waals surface area contributed by atoms with Crippen LogP contribution in [0.2, 0.25) is 5.02 Å². The number of benzene rings is 1. The Labute approximate surface area is 170 Å². The zero-order chi connectivity index (χ0) is 19.7. The van der Waals surface area contributed by atoms with Crippen LogP contribution >= 0.6 is 11.6 Å². The summed E-state index contributed by atoms with van der Waals surface area (Å²) in [6.07, 6.45) is 16.2. The minimum Gasteiger partial charge on any atom is -0.492 e. The lowest BCUT2D eigenvalue weighted by atomic mass is 10.1. The Bertz CT molecular complexity index is 516. The van der Waals surface area contributed by atoms with Gasteiger partial charge in [-0.05, 0) is 24.1 Å². The number of carbonyl (C=O) groups excluding carboxylic acids is 1. The number of hydrogen-bond acceptors (Lipinski definition) is 3. The number of rotatable bonds is 16. The molecule has 0 aliphatic rings. The lowest BCUT2D eigenvalue weighted by molar-refractivity contribution is -0.139. The van der Waals surface area contributed by atoms with E-state index in [-0.39, 0.29) is 12.4 Å². The van der Waals surface area contributed by atoms with Crippen LogP contribution < -0.4 is 4.74 Å². The lowest BCUT2D eigenvalue weighted by Crippen LogP contribution is -2.04. The molecule has 1 aromatic rings. The summed E-state index contributed by atoms with van der Waals surface area (Å²) in [6, 6.07) is 5.47. The highest BCUT2D eigenvalue weighted by molar-refractivity contribution is 6.32. The summed E-state index contributed by atoms with van der Waals surface area (Å²) >= 11 is 6.23. The van der Waals surface area contributed by atoms with Crippen LogP contribution in [0.1, 0.15) is 89.5 Å². The van der Waals surface area contributed by atoms with Crippen molar-refractivity contribution < 1.29 is 14.3 Å². The molecular formula is C23H37ClO3. The number of hydrogen-bond donors (Lipinski definition) is 0. The summed E-state index contributed by atoms with van der Waals surface area (Å²) in [7, 11) is 1.38. The molecule has 0 amide bonds. The maximum Gasteiger partial charge on any atom is 0.309 e. The van der Waals surface area contributed by atoms with Gasteiger partial charge in [0.2, 0.25) is 0 Å². The average molecular weight is 397 g/mol. The van der Waals surface area contributed by atoms with Gasteiger partial charge in [-0.3, -0.25) is 4.79 Å². The van der Waals surface area contributed by atoms with Gasteiger partial charge >= 0.3 is 5.97 Å². The van der Waals surface area contributed by atoms with Crippen LogP contribution in [-0.4, -0.2) is 19.7 Å². The predicted octanol–water partition coefficient (Wildman–Crippen LogP) is 7.14. The van der Waals surface area contributed by atoms with Gasteiger partial charge < -0.3 is 9.47 Å². The van der Waals surface area contributed by atoms with Crippen molar-refractivity contribution in [3.63, 3.8) is 0 Å². The fourth-order valence-corrected chi connectivity index (χ4v) is 3.39. The molecule has 0 fully saturated rings. The molecule has 0 atom stereocenters. The fourth-order valence-electron chi connectivity index (χ4n) is 3.14. The quantitative estimate of drug-likeness (QED) is 0.220. The van der Waals surface area contributed by atoms with Gasteiger partial charge in [-0.15, -0.1) is 0 Å². The number of methoxy groups -OCH3 is 1. The fraction of sp³-hybridized carbons (Fsp3) is 0.696. The van der Waals surface area contributed by atoms with Crippen LogP contribution in [0.4, 0.5) is 0 Å². The normalized spacial score (nSPS) is 10.8. The molecule has 0 aromatic heterocycles. The first-order valence-corrected chi connectivity index (χ1v) is 11.0. The molecule has 1 rings (SSSR count). The van der Waals surface area contributed by atoms with Crippen LogP contribution in [0, 0.1) is 0 Å². The zero-order valence-electron chi connectivity index (χ0n) is 17.2. The third kappa shape index (κ3) is 12.0. The third-order valence-electron chi connectivity index (χ3n) is 4.83. The summed E-state index contributed by atoms with van der Waals surface area (Å²) in [5.41, 5.74) is 0.838. The van der Waals surface area contributed by atoms with E-state index in [0.29, 0.717) is 17.4 Å². The van der Waals surface area contributed by atoms with Crippen molar-refractivity contribution in [2.75, 3.05) is 13.7 Å². The maximum absolute atomic E-state index is 11.3. The largest absolute Gasteiger partial charge is 0.492 e. The van der Waals surface area contributed by atoms with E-state index in [9.17, 15) is 4.79 Å². The molecule has 0 spiro atoms. The summed E-state index contributed by atoms with van der Waals surface area (Å²) in [6.45, 7) is 2.95. The Hall–Kier alpha value is -1.22. The predicted molar refractivity (Wildman–Crippen MR) is 114 cm³/mol. The number of carbonyl (C=O) groups is 1. The molecule has 0 aliphatic heterocycles. The molecule has 154 valence electrons. The molecule has 0 N–H and O–H groups in total. The van der Waals surface area contributed by atoms with Gasteiger partial charge in [0.1, 0.15) is 5.75 Å². The maximum atomic E-state index is 11.3. The van der Waals surface area contributed by atoms with E-state index in [1.165, 1.54) is 77.7 Å². The highest BCUT2D eigenvalue weighted by atomic mass is 35.5. The van der Waals surface area contributed by atoms with Crippen molar-refractivity contribution in [3.8, 4) is 5.75 Å². The van der Waals surface area contributed by atoms with Crippen molar-refractivity contribution in [2.45, 2.75) is 90.4 Å². The van der Waals surface area contributed by atoms with Gasteiger partial charge in [-0.25, -0.2) is 0 Å². The molecule has 4 heteroatoms. The first kappa shape index (κ1) is 23.8. The van der Waals surface area contributed by atoms with Gasteiger partial charge in [0.25, 0.3) is 0 Å². The smallest absolute Gasteiger partial charge is 0.309 e. The second-order valence-electron chi connectivity index (χ2n) is 7.26. The van der Waals surface area contributed by atoms with Gasteiger partial charge in [0.05, 0.1) is 25.2 Å². The van der Waals surface area contributed by atoms with E-state index in [0.717, 1.165) is 12.0 Å². The molecule has 0 bridgehead atoms. The number of unbranched alkanes of at least 4 members (excludes halogenated alkanes) is 11. The van der Waals surface area contributed by atoms with E-state index in [1.54, 1.807) is 6.07 Å². The van der Waals surface area contributed by atoms with Gasteiger partial charge in [-0.2, -0.15) is 0 Å². The van der Waals surface area contributed by atoms with E-state index in [2.05, 4.69) is 11.7 Å². The van der Waals surface area contributed by atoms with Crippen molar-refractivity contribution >= 4 is 17.6 Å². The molecular weight excluding hydrogens is 360 g/mol. The molecule has 0 saturated carbocycles.